The molecule has 0 fully saturated rings. The molecular weight excluding hydrogens is 334 g/mol. The largest absolute Gasteiger partial charge is 0.353 e. The number of nitrogens with zero attached hydrogens (tertiary/aromatic N) is 3. The van der Waals surface area contributed by atoms with E-state index in [0.29, 0.717) is 18.6 Å². The zero-order chi connectivity index (χ0) is 17.8. The maximum Gasteiger partial charge on any atom is 0.191 e. The molecule has 0 aliphatic heterocycles. The number of hydrogen-bond acceptors (Lipinski definition) is 2. The van der Waals surface area contributed by atoms with E-state index in [-0.39, 0.29) is 0 Å². The van der Waals surface area contributed by atoms with E-state index in [1.165, 1.54) is 11.3 Å². The summed E-state index contributed by atoms with van der Waals surface area (Å²) in [6.45, 7) is 4.97. The molecule has 0 bridgehead atoms. The van der Waals surface area contributed by atoms with Gasteiger partial charge in [0.1, 0.15) is 0 Å². The number of benzene rings is 1. The second-order valence-corrected chi connectivity index (χ2v) is 7.18. The van der Waals surface area contributed by atoms with E-state index in [1.54, 1.807) is 7.05 Å². The number of hydrogen-bond donors (Lipinski definition) is 2. The Morgan fingerprint density at radius 3 is 2.92 bits per heavy atom. The van der Waals surface area contributed by atoms with Crippen molar-refractivity contribution >= 4 is 17.6 Å². The molecule has 2 N–H and O–H groups in total. The van der Waals surface area contributed by atoms with E-state index < -0.39 is 0 Å². The lowest BCUT2D eigenvalue weighted by atomic mass is 9.94. The zero-order valence-electron chi connectivity index (χ0n) is 15.1. The quantitative estimate of drug-likeness (QED) is 0.650. The maximum absolute atomic E-state index is 6.22. The number of rotatable bonds is 4. The summed E-state index contributed by atoms with van der Waals surface area (Å²) < 4.78 is 2.07. The van der Waals surface area contributed by atoms with Crippen LogP contribution in [-0.2, 0) is 19.4 Å². The van der Waals surface area contributed by atoms with Gasteiger partial charge in [-0.1, -0.05) is 29.8 Å². The van der Waals surface area contributed by atoms with Crippen molar-refractivity contribution in [2.45, 2.75) is 51.7 Å². The third-order valence-corrected chi connectivity index (χ3v) is 4.96. The molecule has 1 unspecified atom stereocenters. The van der Waals surface area contributed by atoms with Crippen LogP contribution in [0.3, 0.4) is 0 Å². The summed E-state index contributed by atoms with van der Waals surface area (Å²) in [6, 6.07) is 8.61. The molecule has 1 aliphatic rings. The Morgan fingerprint density at radius 2 is 2.20 bits per heavy atom. The predicted molar refractivity (Wildman–Crippen MR) is 103 cm³/mol. The minimum atomic E-state index is 0.348. The molecule has 0 amide bonds. The Hall–Kier alpha value is -2.01. The number of aliphatic imine (C=N–C) groups is 1. The van der Waals surface area contributed by atoms with Crippen LogP contribution in [-0.4, -0.2) is 28.8 Å². The van der Waals surface area contributed by atoms with Crippen LogP contribution in [0.15, 0.2) is 35.5 Å². The van der Waals surface area contributed by atoms with Gasteiger partial charge in [-0.3, -0.25) is 9.67 Å². The molecule has 1 aromatic heterocycles. The molecule has 1 heterocycles. The van der Waals surface area contributed by atoms with Gasteiger partial charge in [-0.05, 0) is 43.9 Å². The second kappa shape index (κ2) is 7.91. The molecule has 2 aromatic rings. The lowest BCUT2D eigenvalue weighted by molar-refractivity contribution is 0.499. The first-order valence-corrected chi connectivity index (χ1v) is 9.22. The van der Waals surface area contributed by atoms with Crippen LogP contribution in [0.25, 0.3) is 0 Å². The summed E-state index contributed by atoms with van der Waals surface area (Å²) in [5.41, 5.74) is 3.65. The van der Waals surface area contributed by atoms with Crippen LogP contribution in [0.4, 0.5) is 0 Å². The summed E-state index contributed by atoms with van der Waals surface area (Å²) in [4.78, 5) is 4.34. The zero-order valence-corrected chi connectivity index (χ0v) is 15.8. The van der Waals surface area contributed by atoms with Gasteiger partial charge in [-0.2, -0.15) is 5.10 Å². The molecule has 6 heteroatoms. The molecule has 0 spiro atoms. The third kappa shape index (κ3) is 4.34. The molecule has 25 heavy (non-hydrogen) atoms. The van der Waals surface area contributed by atoms with Crippen molar-refractivity contribution in [2.75, 3.05) is 7.05 Å². The molecule has 5 nitrogen and oxygen atoms in total. The maximum atomic E-state index is 6.22. The van der Waals surface area contributed by atoms with Crippen molar-refractivity contribution in [2.24, 2.45) is 4.99 Å². The lowest BCUT2D eigenvalue weighted by Crippen LogP contribution is -2.45. The molecule has 134 valence electrons. The fourth-order valence-electron chi connectivity index (χ4n) is 3.11. The summed E-state index contributed by atoms with van der Waals surface area (Å²) in [6.07, 6.45) is 5.27. The Morgan fingerprint density at radius 1 is 1.40 bits per heavy atom. The number of halogens is 1. The number of fused-ring (bicyclic) bond motifs is 1. The average molecular weight is 360 g/mol. The normalized spacial score (nSPS) is 17.5. The van der Waals surface area contributed by atoms with Crippen molar-refractivity contribution in [3.05, 3.63) is 52.3 Å². The van der Waals surface area contributed by atoms with Gasteiger partial charge >= 0.3 is 0 Å². The fourth-order valence-corrected chi connectivity index (χ4v) is 3.31. The summed E-state index contributed by atoms with van der Waals surface area (Å²) in [5.74, 6) is 0.802. The van der Waals surface area contributed by atoms with E-state index in [2.05, 4.69) is 40.4 Å². The molecule has 0 saturated carbocycles. The number of guanidine groups is 1. The van der Waals surface area contributed by atoms with Crippen LogP contribution in [0.5, 0.6) is 0 Å². The molecule has 1 atom stereocenters. The summed E-state index contributed by atoms with van der Waals surface area (Å²) in [5, 5.41) is 12.4. The highest BCUT2D eigenvalue weighted by Gasteiger charge is 2.23. The molecular formula is C19H26ClN5. The number of aromatic nitrogens is 2. The molecule has 0 radical (unpaired) electrons. The smallest absolute Gasteiger partial charge is 0.191 e. The Labute approximate surface area is 154 Å². The van der Waals surface area contributed by atoms with Crippen LogP contribution in [0, 0.1) is 0 Å². The third-order valence-electron chi connectivity index (χ3n) is 4.59. The standard InChI is InChI=1S/C19H26ClN5/c1-13(2)25-12-15-8-9-16(10-18(15)24-25)23-19(21-3)22-11-14-6-4-5-7-17(14)20/h4-7,12-13,16H,8-11H2,1-3H3,(H2,21,22,23). The molecule has 1 aromatic carbocycles. The predicted octanol–water partition coefficient (Wildman–Crippen LogP) is 3.34. The van der Waals surface area contributed by atoms with Crippen molar-refractivity contribution in [1.82, 2.24) is 20.4 Å². The molecule has 3 rings (SSSR count). The monoisotopic (exact) mass is 359 g/mol. The van der Waals surface area contributed by atoms with E-state index in [9.17, 15) is 0 Å². The SMILES string of the molecule is CN=C(NCc1ccccc1Cl)NC1CCc2cn(C(C)C)nc2C1. The van der Waals surface area contributed by atoms with Crippen molar-refractivity contribution in [3.8, 4) is 0 Å². The highest BCUT2D eigenvalue weighted by Crippen LogP contribution is 2.21. The first-order valence-electron chi connectivity index (χ1n) is 8.84. The lowest BCUT2D eigenvalue weighted by Gasteiger charge is -2.24. The van der Waals surface area contributed by atoms with Gasteiger partial charge in [0.2, 0.25) is 0 Å². The summed E-state index contributed by atoms with van der Waals surface area (Å²) in [7, 11) is 1.80. The van der Waals surface area contributed by atoms with Crippen LogP contribution >= 0.6 is 11.6 Å². The van der Waals surface area contributed by atoms with Gasteiger partial charge in [-0.15, -0.1) is 0 Å². The van der Waals surface area contributed by atoms with Crippen LogP contribution in [0.1, 0.15) is 43.1 Å². The Kier molecular flexibility index (Phi) is 5.63. The highest BCUT2D eigenvalue weighted by molar-refractivity contribution is 6.31. The van der Waals surface area contributed by atoms with Crippen LogP contribution < -0.4 is 10.6 Å². The average Bonchev–Trinajstić information content (AvgIpc) is 3.03. The van der Waals surface area contributed by atoms with E-state index in [4.69, 9.17) is 16.7 Å². The first kappa shape index (κ1) is 17.8. The minimum Gasteiger partial charge on any atom is -0.353 e. The second-order valence-electron chi connectivity index (χ2n) is 6.78. The van der Waals surface area contributed by atoms with E-state index in [1.807, 2.05) is 24.3 Å². The van der Waals surface area contributed by atoms with Crippen LogP contribution in [0.2, 0.25) is 5.02 Å². The van der Waals surface area contributed by atoms with Gasteiger partial charge in [0.25, 0.3) is 0 Å². The van der Waals surface area contributed by atoms with Gasteiger partial charge in [-0.25, -0.2) is 0 Å². The van der Waals surface area contributed by atoms with Crippen molar-refractivity contribution in [3.63, 3.8) is 0 Å². The van der Waals surface area contributed by atoms with Gasteiger partial charge in [0.05, 0.1) is 5.69 Å². The Bertz CT molecular complexity index is 750. The highest BCUT2D eigenvalue weighted by atomic mass is 35.5. The number of aryl methyl sites for hydroxylation is 1. The fraction of sp³-hybridized carbons (Fsp3) is 0.474. The van der Waals surface area contributed by atoms with E-state index >= 15 is 0 Å². The Balaban J connectivity index is 1.58. The first-order chi connectivity index (χ1) is 12.1. The van der Waals surface area contributed by atoms with E-state index in [0.717, 1.165) is 35.8 Å². The topological polar surface area (TPSA) is 54.2 Å². The van der Waals surface area contributed by atoms with Crippen molar-refractivity contribution in [1.29, 1.82) is 0 Å². The van der Waals surface area contributed by atoms with Gasteiger partial charge in [0, 0.05) is 43.3 Å². The number of nitrogens with one attached hydrogen (secondary N) is 2. The minimum absolute atomic E-state index is 0.348. The molecule has 0 saturated heterocycles. The summed E-state index contributed by atoms with van der Waals surface area (Å²) >= 11 is 6.22. The van der Waals surface area contributed by atoms with Gasteiger partial charge in [0.15, 0.2) is 5.96 Å². The molecule has 1 aliphatic carbocycles. The van der Waals surface area contributed by atoms with Crippen molar-refractivity contribution < 1.29 is 0 Å². The van der Waals surface area contributed by atoms with Gasteiger partial charge < -0.3 is 10.6 Å².